The first-order valence-corrected chi connectivity index (χ1v) is 11.3. The Morgan fingerprint density at radius 3 is 2.96 bits per heavy atom. The van der Waals surface area contributed by atoms with Crippen molar-refractivity contribution in [1.29, 1.82) is 0 Å². The number of nitrogens with zero attached hydrogens (tertiary/aromatic N) is 4. The molecule has 0 saturated carbocycles. The minimum Gasteiger partial charge on any atom is -0.377 e. The van der Waals surface area contributed by atoms with Gasteiger partial charge in [-0.1, -0.05) is 6.92 Å². The summed E-state index contributed by atoms with van der Waals surface area (Å²) >= 11 is 0. The second-order valence-electron chi connectivity index (χ2n) is 7.07. The molecule has 0 aliphatic carbocycles. The van der Waals surface area contributed by atoms with E-state index >= 15 is 0 Å². The summed E-state index contributed by atoms with van der Waals surface area (Å²) in [4.78, 5) is 22.3. The number of rotatable bonds is 5. The minimum atomic E-state index is -3.54. The van der Waals surface area contributed by atoms with Crippen LogP contribution in [-0.2, 0) is 9.30 Å². The smallest absolute Gasteiger partial charge is 0.230 e. The number of hydrogen-bond donors (Lipinski definition) is 2. The van der Waals surface area contributed by atoms with E-state index in [2.05, 4.69) is 27.0 Å². The zero-order valence-corrected chi connectivity index (χ0v) is 16.9. The Labute approximate surface area is 163 Å². The fourth-order valence-electron chi connectivity index (χ4n) is 3.63. The minimum absolute atomic E-state index is 0.128. The molecular formula is C19H24N5O3P. The molecule has 8 nitrogen and oxygen atoms in total. The Balaban J connectivity index is 1.98. The van der Waals surface area contributed by atoms with Gasteiger partial charge in [0.05, 0.1) is 24.9 Å². The van der Waals surface area contributed by atoms with Crippen molar-refractivity contribution >= 4 is 29.4 Å². The van der Waals surface area contributed by atoms with Crippen LogP contribution in [0.15, 0.2) is 30.6 Å². The highest BCUT2D eigenvalue weighted by molar-refractivity contribution is 7.66. The number of pyridine rings is 2. The summed E-state index contributed by atoms with van der Waals surface area (Å²) in [7, 11) is -3.54. The maximum atomic E-state index is 13.2. The van der Waals surface area contributed by atoms with Gasteiger partial charge in [0.2, 0.25) is 7.37 Å². The molecule has 1 aliphatic heterocycles. The van der Waals surface area contributed by atoms with Crippen molar-refractivity contribution < 1.29 is 14.2 Å². The summed E-state index contributed by atoms with van der Waals surface area (Å²) in [5.41, 5.74) is 1.94. The second-order valence-corrected chi connectivity index (χ2v) is 9.40. The Bertz CT molecular complexity index is 1020. The van der Waals surface area contributed by atoms with E-state index in [-0.39, 0.29) is 12.2 Å². The average molecular weight is 401 g/mol. The van der Waals surface area contributed by atoms with Crippen LogP contribution in [0.25, 0.3) is 22.3 Å². The third-order valence-electron chi connectivity index (χ3n) is 5.01. The molecule has 28 heavy (non-hydrogen) atoms. The maximum absolute atomic E-state index is 13.2. The van der Waals surface area contributed by atoms with E-state index in [4.69, 9.17) is 9.72 Å². The summed E-state index contributed by atoms with van der Waals surface area (Å²) in [5, 5.41) is 8.02. The van der Waals surface area contributed by atoms with Gasteiger partial charge in [0, 0.05) is 35.8 Å². The van der Waals surface area contributed by atoms with Gasteiger partial charge in [0.25, 0.3) is 0 Å². The third-order valence-corrected chi connectivity index (χ3v) is 7.19. The molecule has 0 spiro atoms. The molecule has 3 aromatic rings. The summed E-state index contributed by atoms with van der Waals surface area (Å²) in [5.74, 6) is 0.678. The first kappa shape index (κ1) is 19.1. The zero-order chi connectivity index (χ0) is 19.7. The lowest BCUT2D eigenvalue weighted by Crippen LogP contribution is -2.44. The number of fused-ring (bicyclic) bond motifs is 1. The fraction of sp³-hybridized carbons (Fsp3) is 0.421. The normalized spacial score (nSPS) is 19.7. The van der Waals surface area contributed by atoms with E-state index in [0.717, 1.165) is 5.69 Å². The Kier molecular flexibility index (Phi) is 5.19. The molecule has 0 amide bonds. The highest BCUT2D eigenvalue weighted by Crippen LogP contribution is 2.43. The molecule has 1 saturated heterocycles. The average Bonchev–Trinajstić information content (AvgIpc) is 3.21. The van der Waals surface area contributed by atoms with Crippen LogP contribution in [0, 0.1) is 0 Å². The van der Waals surface area contributed by atoms with Crippen molar-refractivity contribution in [3.05, 3.63) is 30.6 Å². The molecule has 1 aliphatic rings. The van der Waals surface area contributed by atoms with Gasteiger partial charge in [-0.2, -0.15) is 5.10 Å². The largest absolute Gasteiger partial charge is 0.377 e. The number of aromatic amines is 1. The summed E-state index contributed by atoms with van der Waals surface area (Å²) in [6, 6.07) is 5.49. The Morgan fingerprint density at radius 2 is 2.25 bits per heavy atom. The van der Waals surface area contributed by atoms with E-state index in [1.165, 1.54) is 0 Å². The van der Waals surface area contributed by atoms with Crippen molar-refractivity contribution in [2.75, 3.05) is 30.8 Å². The molecule has 4 rings (SSSR count). The monoisotopic (exact) mass is 401 g/mol. The van der Waals surface area contributed by atoms with Crippen LogP contribution in [0.5, 0.6) is 0 Å². The number of morpholine rings is 1. The van der Waals surface area contributed by atoms with Gasteiger partial charge in [-0.15, -0.1) is 0 Å². The van der Waals surface area contributed by atoms with Crippen molar-refractivity contribution in [3.8, 4) is 11.4 Å². The maximum Gasteiger partial charge on any atom is 0.230 e. The highest BCUT2D eigenvalue weighted by atomic mass is 31.2. The number of hydrogen-bond acceptors (Lipinski definition) is 6. The summed E-state index contributed by atoms with van der Waals surface area (Å²) in [6.07, 6.45) is 4.15. The lowest BCUT2D eigenvalue weighted by Gasteiger charge is -2.35. The molecule has 0 bridgehead atoms. The fourth-order valence-corrected chi connectivity index (χ4v) is 5.35. The molecule has 9 heteroatoms. The number of ether oxygens (including phenoxy) is 1. The number of nitrogens with one attached hydrogen (secondary N) is 1. The molecule has 148 valence electrons. The molecule has 2 N–H and O–H groups in total. The van der Waals surface area contributed by atoms with E-state index in [1.807, 2.05) is 13.0 Å². The molecule has 1 fully saturated rings. The van der Waals surface area contributed by atoms with Crippen molar-refractivity contribution in [1.82, 2.24) is 20.2 Å². The van der Waals surface area contributed by atoms with Crippen LogP contribution < -0.4 is 10.2 Å². The van der Waals surface area contributed by atoms with Gasteiger partial charge < -0.3 is 14.5 Å². The quantitative estimate of drug-likeness (QED) is 0.633. The van der Waals surface area contributed by atoms with Crippen molar-refractivity contribution in [3.63, 3.8) is 0 Å². The number of anilines is 1. The lowest BCUT2D eigenvalue weighted by molar-refractivity contribution is 0.0986. The molecule has 0 aromatic carbocycles. The zero-order valence-electron chi connectivity index (χ0n) is 16.0. The van der Waals surface area contributed by atoms with Gasteiger partial charge >= 0.3 is 0 Å². The van der Waals surface area contributed by atoms with Crippen LogP contribution in [-0.4, -0.2) is 57.0 Å². The van der Waals surface area contributed by atoms with Crippen molar-refractivity contribution in [2.45, 2.75) is 26.3 Å². The van der Waals surface area contributed by atoms with E-state index < -0.39 is 7.37 Å². The van der Waals surface area contributed by atoms with E-state index in [0.29, 0.717) is 53.9 Å². The predicted molar refractivity (Wildman–Crippen MR) is 109 cm³/mol. The standard InChI is InChI=1S/C19H24N5O3P/c1-3-10-28(25,26)16-11-17(24-8-9-27-12-13(24)2)22-18-14(16)4-6-20-19(18)15-5-7-21-23-15/h4-7,11,13H,3,8-10,12H2,1-2H3,(H,21,23)(H,25,26)/t13-/m1/s1. The predicted octanol–water partition coefficient (Wildman–Crippen LogP) is 2.55. The Hall–Kier alpha value is -2.28. The molecule has 0 radical (unpaired) electrons. The van der Waals surface area contributed by atoms with Crippen molar-refractivity contribution in [2.24, 2.45) is 0 Å². The second kappa shape index (κ2) is 7.62. The van der Waals surface area contributed by atoms with Gasteiger partial charge in [-0.3, -0.25) is 14.6 Å². The van der Waals surface area contributed by atoms with E-state index in [9.17, 15) is 9.46 Å². The summed E-state index contributed by atoms with van der Waals surface area (Å²) in [6.45, 7) is 5.86. The van der Waals surface area contributed by atoms with E-state index in [1.54, 1.807) is 24.5 Å². The number of aromatic nitrogens is 4. The number of H-pyrrole nitrogens is 1. The highest BCUT2D eigenvalue weighted by Gasteiger charge is 2.28. The Morgan fingerprint density at radius 1 is 1.39 bits per heavy atom. The molecule has 4 heterocycles. The molecule has 1 unspecified atom stereocenters. The first-order chi connectivity index (χ1) is 13.5. The topological polar surface area (TPSA) is 104 Å². The molecular weight excluding hydrogens is 377 g/mol. The van der Waals surface area contributed by atoms with Crippen LogP contribution in [0.3, 0.4) is 0 Å². The van der Waals surface area contributed by atoms with Crippen LogP contribution in [0.2, 0.25) is 0 Å². The van der Waals surface area contributed by atoms with Gasteiger partial charge in [-0.25, -0.2) is 4.98 Å². The van der Waals surface area contributed by atoms with Crippen LogP contribution >= 0.6 is 7.37 Å². The van der Waals surface area contributed by atoms with Gasteiger partial charge in [-0.05, 0) is 31.5 Å². The van der Waals surface area contributed by atoms with Gasteiger partial charge in [0.15, 0.2) is 0 Å². The summed E-state index contributed by atoms with van der Waals surface area (Å²) < 4.78 is 18.7. The molecule has 3 aromatic heterocycles. The molecule has 2 atom stereocenters. The third kappa shape index (κ3) is 3.43. The van der Waals surface area contributed by atoms with Crippen LogP contribution in [0.4, 0.5) is 5.82 Å². The SMILES string of the molecule is CCCP(=O)(O)c1cc(N2CCOC[C@H]2C)nc2c(-c3ccn[nH]3)nccc12. The van der Waals surface area contributed by atoms with Crippen LogP contribution in [0.1, 0.15) is 20.3 Å². The lowest BCUT2D eigenvalue weighted by atomic mass is 10.1. The van der Waals surface area contributed by atoms with Gasteiger partial charge in [0.1, 0.15) is 17.0 Å². The first-order valence-electron chi connectivity index (χ1n) is 9.47.